The van der Waals surface area contributed by atoms with E-state index in [-0.39, 0.29) is 18.9 Å². The monoisotopic (exact) mass is 284 g/mol. The van der Waals surface area contributed by atoms with E-state index in [0.717, 1.165) is 0 Å². The summed E-state index contributed by atoms with van der Waals surface area (Å²) in [4.78, 5) is 11.7. The largest absolute Gasteiger partial charge is 0.394 e. The highest BCUT2D eigenvalue weighted by atomic mass is 19.1. The van der Waals surface area contributed by atoms with Gasteiger partial charge in [0.2, 0.25) is 5.91 Å². The fourth-order valence-corrected chi connectivity index (χ4v) is 1.74. The third-order valence-corrected chi connectivity index (χ3v) is 2.82. The summed E-state index contributed by atoms with van der Waals surface area (Å²) >= 11 is 0. The number of amides is 1. The predicted molar refractivity (Wildman–Crippen MR) is 75.0 cm³/mol. The van der Waals surface area contributed by atoms with E-state index in [2.05, 4.69) is 10.6 Å². The Kier molecular flexibility index (Phi) is 6.57. The first-order valence-corrected chi connectivity index (χ1v) is 6.39. The molecule has 0 spiro atoms. The van der Waals surface area contributed by atoms with Crippen molar-refractivity contribution < 1.29 is 19.0 Å². The van der Waals surface area contributed by atoms with Crippen LogP contribution < -0.4 is 10.6 Å². The minimum absolute atomic E-state index is 0.0909. The van der Waals surface area contributed by atoms with E-state index in [4.69, 9.17) is 4.74 Å². The van der Waals surface area contributed by atoms with Crippen LogP contribution in [-0.2, 0) is 9.53 Å². The molecule has 0 heterocycles. The Bertz CT molecular complexity index is 442. The Labute approximate surface area is 118 Å². The molecule has 1 amide bonds. The van der Waals surface area contributed by atoms with Gasteiger partial charge in [-0.1, -0.05) is 6.07 Å². The van der Waals surface area contributed by atoms with Crippen LogP contribution in [0.1, 0.15) is 13.3 Å². The molecule has 0 aliphatic rings. The van der Waals surface area contributed by atoms with Crippen LogP contribution in [0.25, 0.3) is 0 Å². The van der Waals surface area contributed by atoms with Crippen molar-refractivity contribution in [2.24, 2.45) is 0 Å². The molecule has 3 N–H and O–H groups in total. The summed E-state index contributed by atoms with van der Waals surface area (Å²) in [5, 5.41) is 14.9. The van der Waals surface area contributed by atoms with Gasteiger partial charge in [0.25, 0.3) is 0 Å². The molecular formula is C14H21FN2O3. The third-order valence-electron chi connectivity index (χ3n) is 2.82. The molecule has 1 rings (SSSR count). The molecule has 1 unspecified atom stereocenters. The van der Waals surface area contributed by atoms with E-state index in [1.807, 2.05) is 0 Å². The van der Waals surface area contributed by atoms with Crippen LogP contribution in [0.15, 0.2) is 24.3 Å². The average Bonchev–Trinajstić information content (AvgIpc) is 2.39. The number of rotatable bonds is 8. The number of anilines is 1. The second kappa shape index (κ2) is 7.94. The quantitative estimate of drug-likeness (QED) is 0.669. The molecule has 0 radical (unpaired) electrons. The second-order valence-corrected chi connectivity index (χ2v) is 4.89. The molecule has 0 aliphatic carbocycles. The first-order chi connectivity index (χ1) is 9.49. The van der Waals surface area contributed by atoms with Crippen LogP contribution in [-0.4, -0.2) is 43.4 Å². The standard InChI is InChI=1S/C14H21FN2O3/c1-14(9-18,10-20-2)16-7-6-13(19)17-12-5-3-4-11(15)8-12/h3-5,8,16,18H,6-7,9-10H2,1-2H3,(H,17,19). The van der Waals surface area contributed by atoms with Crippen molar-refractivity contribution in [1.29, 1.82) is 0 Å². The van der Waals surface area contributed by atoms with Gasteiger partial charge >= 0.3 is 0 Å². The summed E-state index contributed by atoms with van der Waals surface area (Å²) in [6.07, 6.45) is 0.218. The van der Waals surface area contributed by atoms with Crippen LogP contribution >= 0.6 is 0 Å². The highest BCUT2D eigenvalue weighted by Crippen LogP contribution is 2.09. The van der Waals surface area contributed by atoms with E-state index < -0.39 is 11.4 Å². The molecule has 1 aromatic carbocycles. The first kappa shape index (κ1) is 16.6. The van der Waals surface area contributed by atoms with Crippen LogP contribution in [0.2, 0.25) is 0 Å². The van der Waals surface area contributed by atoms with Crippen molar-refractivity contribution in [2.45, 2.75) is 18.9 Å². The number of halogens is 1. The SMILES string of the molecule is COCC(C)(CO)NCCC(=O)Nc1cccc(F)c1. The van der Waals surface area contributed by atoms with Crippen molar-refractivity contribution in [3.63, 3.8) is 0 Å². The molecular weight excluding hydrogens is 263 g/mol. The van der Waals surface area contributed by atoms with Gasteiger partial charge in [-0.2, -0.15) is 0 Å². The van der Waals surface area contributed by atoms with Gasteiger partial charge in [0.05, 0.1) is 18.8 Å². The van der Waals surface area contributed by atoms with Crippen LogP contribution in [0, 0.1) is 5.82 Å². The molecule has 1 aromatic rings. The Morgan fingerprint density at radius 2 is 2.25 bits per heavy atom. The number of hydrogen-bond acceptors (Lipinski definition) is 4. The lowest BCUT2D eigenvalue weighted by Gasteiger charge is -2.27. The number of ether oxygens (including phenoxy) is 1. The number of carbonyl (C=O) groups excluding carboxylic acids is 1. The molecule has 0 saturated heterocycles. The third kappa shape index (κ3) is 5.64. The van der Waals surface area contributed by atoms with Gasteiger partial charge in [0.15, 0.2) is 0 Å². The summed E-state index contributed by atoms with van der Waals surface area (Å²) < 4.78 is 18.0. The fourth-order valence-electron chi connectivity index (χ4n) is 1.74. The fraction of sp³-hybridized carbons (Fsp3) is 0.500. The molecule has 1 atom stereocenters. The normalized spacial score (nSPS) is 13.8. The van der Waals surface area contributed by atoms with Gasteiger partial charge in [0.1, 0.15) is 5.82 Å². The average molecular weight is 284 g/mol. The summed E-state index contributed by atoms with van der Waals surface area (Å²) in [6, 6.07) is 5.73. The van der Waals surface area contributed by atoms with Gasteiger partial charge in [-0.25, -0.2) is 4.39 Å². The van der Waals surface area contributed by atoms with Gasteiger partial charge < -0.3 is 20.5 Å². The Balaban J connectivity index is 2.36. The number of benzene rings is 1. The minimum Gasteiger partial charge on any atom is -0.394 e. The van der Waals surface area contributed by atoms with Crippen molar-refractivity contribution in [3.05, 3.63) is 30.1 Å². The van der Waals surface area contributed by atoms with E-state index in [1.165, 1.54) is 18.2 Å². The van der Waals surface area contributed by atoms with Gasteiger partial charge in [0, 0.05) is 25.8 Å². The van der Waals surface area contributed by atoms with E-state index in [0.29, 0.717) is 18.8 Å². The number of aliphatic hydroxyl groups excluding tert-OH is 1. The molecule has 5 nitrogen and oxygen atoms in total. The number of nitrogens with one attached hydrogen (secondary N) is 2. The maximum Gasteiger partial charge on any atom is 0.225 e. The first-order valence-electron chi connectivity index (χ1n) is 6.39. The maximum absolute atomic E-state index is 13.0. The van der Waals surface area contributed by atoms with Crippen molar-refractivity contribution >= 4 is 11.6 Å². The van der Waals surface area contributed by atoms with Gasteiger partial charge in [-0.3, -0.25) is 4.79 Å². The Morgan fingerprint density at radius 3 is 2.85 bits per heavy atom. The zero-order valence-corrected chi connectivity index (χ0v) is 11.8. The molecule has 0 saturated carbocycles. The maximum atomic E-state index is 13.0. The molecule has 112 valence electrons. The van der Waals surface area contributed by atoms with Crippen LogP contribution in [0.4, 0.5) is 10.1 Å². The van der Waals surface area contributed by atoms with E-state index in [1.54, 1.807) is 20.1 Å². The zero-order chi connectivity index (χ0) is 15.0. The lowest BCUT2D eigenvalue weighted by atomic mass is 10.1. The summed E-state index contributed by atoms with van der Waals surface area (Å²) in [7, 11) is 1.55. The highest BCUT2D eigenvalue weighted by Gasteiger charge is 2.22. The van der Waals surface area contributed by atoms with Gasteiger partial charge in [-0.15, -0.1) is 0 Å². The topological polar surface area (TPSA) is 70.6 Å². The van der Waals surface area contributed by atoms with Gasteiger partial charge in [-0.05, 0) is 25.1 Å². The number of hydrogen-bond donors (Lipinski definition) is 3. The minimum atomic E-state index is -0.576. The zero-order valence-electron chi connectivity index (χ0n) is 11.8. The molecule has 0 aliphatic heterocycles. The highest BCUT2D eigenvalue weighted by molar-refractivity contribution is 5.90. The van der Waals surface area contributed by atoms with Crippen molar-refractivity contribution in [1.82, 2.24) is 5.32 Å². The number of carbonyl (C=O) groups is 1. The lowest BCUT2D eigenvalue weighted by molar-refractivity contribution is -0.116. The van der Waals surface area contributed by atoms with E-state index >= 15 is 0 Å². The van der Waals surface area contributed by atoms with Crippen molar-refractivity contribution in [3.8, 4) is 0 Å². The molecule has 20 heavy (non-hydrogen) atoms. The molecule has 6 heteroatoms. The second-order valence-electron chi connectivity index (χ2n) is 4.89. The number of methoxy groups -OCH3 is 1. The summed E-state index contributed by atoms with van der Waals surface area (Å²) in [6.45, 7) is 2.45. The molecule has 0 fully saturated rings. The number of aliphatic hydroxyl groups is 1. The van der Waals surface area contributed by atoms with Crippen LogP contribution in [0.3, 0.4) is 0 Å². The smallest absolute Gasteiger partial charge is 0.225 e. The Hall–Kier alpha value is -1.50. The van der Waals surface area contributed by atoms with Crippen molar-refractivity contribution in [2.75, 3.05) is 32.2 Å². The molecule has 0 aromatic heterocycles. The summed E-state index contributed by atoms with van der Waals surface area (Å²) in [5.41, 5.74) is -0.148. The molecule has 0 bridgehead atoms. The lowest BCUT2D eigenvalue weighted by Crippen LogP contribution is -2.50. The van der Waals surface area contributed by atoms with E-state index in [9.17, 15) is 14.3 Å². The Morgan fingerprint density at radius 1 is 1.50 bits per heavy atom. The predicted octanol–water partition coefficient (Wildman–Crippen LogP) is 1.14. The summed E-state index contributed by atoms with van der Waals surface area (Å²) in [5.74, 6) is -0.616. The van der Waals surface area contributed by atoms with Crippen LogP contribution in [0.5, 0.6) is 0 Å².